The van der Waals surface area contributed by atoms with Crippen LogP contribution in [0.15, 0.2) is 57.7 Å². The molecule has 0 N–H and O–H groups in total. The van der Waals surface area contributed by atoms with E-state index in [4.69, 9.17) is 18.6 Å². The summed E-state index contributed by atoms with van der Waals surface area (Å²) in [6, 6.07) is 13.4. The van der Waals surface area contributed by atoms with Crippen molar-refractivity contribution in [3.63, 3.8) is 0 Å². The van der Waals surface area contributed by atoms with Crippen LogP contribution in [0.25, 0.3) is 11.0 Å². The normalized spacial score (nSPS) is 15.8. The number of carbonyl (C=O) groups is 1. The van der Waals surface area contributed by atoms with Crippen LogP contribution in [0.4, 0.5) is 0 Å². The molecule has 0 aliphatic carbocycles. The molecular weight excluding hydrogens is 324 g/mol. The minimum atomic E-state index is -0.866. The lowest BCUT2D eigenvalue weighted by Gasteiger charge is -2.24. The maximum atomic E-state index is 12.3. The molecule has 0 spiro atoms. The summed E-state index contributed by atoms with van der Waals surface area (Å²) < 4.78 is 21.6. The van der Waals surface area contributed by atoms with Crippen molar-refractivity contribution in [2.45, 2.75) is 13.0 Å². The molecule has 6 heteroatoms. The largest absolute Gasteiger partial charge is 0.485 e. The van der Waals surface area contributed by atoms with E-state index in [0.717, 1.165) is 10.9 Å². The van der Waals surface area contributed by atoms with Crippen LogP contribution < -0.4 is 19.8 Å². The predicted octanol–water partition coefficient (Wildman–Crippen LogP) is 2.85. The maximum Gasteiger partial charge on any atom is 0.356 e. The van der Waals surface area contributed by atoms with Crippen molar-refractivity contribution in [2.24, 2.45) is 0 Å². The first-order chi connectivity index (χ1) is 12.1. The van der Waals surface area contributed by atoms with E-state index in [1.54, 1.807) is 30.3 Å². The minimum absolute atomic E-state index is 0.0671. The fourth-order valence-electron chi connectivity index (χ4n) is 2.69. The molecule has 0 bridgehead atoms. The second-order valence-electron chi connectivity index (χ2n) is 5.69. The zero-order chi connectivity index (χ0) is 17.4. The van der Waals surface area contributed by atoms with E-state index in [9.17, 15) is 9.59 Å². The third-order valence-corrected chi connectivity index (χ3v) is 3.91. The highest BCUT2D eigenvalue weighted by atomic mass is 16.6. The Bertz CT molecular complexity index is 1020. The molecule has 2 heterocycles. The Morgan fingerprint density at radius 2 is 1.92 bits per heavy atom. The third kappa shape index (κ3) is 2.94. The van der Waals surface area contributed by atoms with Gasteiger partial charge in [0.1, 0.15) is 17.9 Å². The van der Waals surface area contributed by atoms with Gasteiger partial charge in [0, 0.05) is 17.5 Å². The van der Waals surface area contributed by atoms with Crippen LogP contribution in [0, 0.1) is 6.92 Å². The summed E-state index contributed by atoms with van der Waals surface area (Å²) in [5, 5.41) is 0.783. The molecular formula is C19H14O6. The third-order valence-electron chi connectivity index (χ3n) is 3.91. The first-order valence-corrected chi connectivity index (χ1v) is 7.75. The van der Waals surface area contributed by atoms with Crippen LogP contribution in [0.1, 0.15) is 5.56 Å². The zero-order valence-corrected chi connectivity index (χ0v) is 13.4. The van der Waals surface area contributed by atoms with E-state index in [1.165, 1.54) is 12.1 Å². The second-order valence-corrected chi connectivity index (χ2v) is 5.69. The van der Waals surface area contributed by atoms with Gasteiger partial charge in [-0.3, -0.25) is 0 Å². The van der Waals surface area contributed by atoms with Gasteiger partial charge in [0.15, 0.2) is 11.5 Å². The first kappa shape index (κ1) is 15.3. The van der Waals surface area contributed by atoms with Gasteiger partial charge >= 0.3 is 11.6 Å². The number of rotatable bonds is 2. The van der Waals surface area contributed by atoms with E-state index in [-0.39, 0.29) is 12.4 Å². The highest BCUT2D eigenvalue weighted by Gasteiger charge is 2.29. The molecule has 6 nitrogen and oxygen atoms in total. The summed E-state index contributed by atoms with van der Waals surface area (Å²) in [5.41, 5.74) is 0.709. The van der Waals surface area contributed by atoms with Gasteiger partial charge in [-0.05, 0) is 36.8 Å². The molecule has 1 aromatic heterocycles. The molecule has 0 saturated heterocycles. The molecule has 1 aliphatic rings. The average Bonchev–Trinajstić information content (AvgIpc) is 2.60. The highest BCUT2D eigenvalue weighted by molar-refractivity contribution is 5.83. The van der Waals surface area contributed by atoms with Gasteiger partial charge in [-0.2, -0.15) is 0 Å². The van der Waals surface area contributed by atoms with Crippen molar-refractivity contribution in [1.29, 1.82) is 0 Å². The quantitative estimate of drug-likeness (QED) is 0.406. The van der Waals surface area contributed by atoms with Crippen LogP contribution in [0.5, 0.6) is 17.2 Å². The van der Waals surface area contributed by atoms with Gasteiger partial charge in [-0.1, -0.05) is 12.1 Å². The van der Waals surface area contributed by atoms with Gasteiger partial charge in [0.05, 0.1) is 0 Å². The number of fused-ring (bicyclic) bond motifs is 2. The topological polar surface area (TPSA) is 75.0 Å². The lowest BCUT2D eigenvalue weighted by atomic mass is 10.1. The number of esters is 1. The van der Waals surface area contributed by atoms with Crippen molar-refractivity contribution in [3.8, 4) is 17.2 Å². The number of carbonyl (C=O) groups excluding carboxylic acids is 1. The molecule has 1 aliphatic heterocycles. The number of aryl methyl sites for hydroxylation is 1. The molecule has 4 rings (SSSR count). The number of para-hydroxylation sites is 2. The van der Waals surface area contributed by atoms with Crippen molar-refractivity contribution >= 4 is 16.9 Å². The van der Waals surface area contributed by atoms with Crippen LogP contribution in [0.2, 0.25) is 0 Å². The van der Waals surface area contributed by atoms with E-state index >= 15 is 0 Å². The molecule has 1 atom stereocenters. The standard InChI is InChI=1S/C19H14O6/c1-11-8-18(20)25-16-9-12(6-7-13(11)16)23-19(21)17-10-22-14-4-2-3-5-15(14)24-17/h2-9,17H,10H2,1H3/t17-/m1/s1. The summed E-state index contributed by atoms with van der Waals surface area (Å²) in [6.07, 6.45) is -0.866. The van der Waals surface area contributed by atoms with Crippen LogP contribution in [0.3, 0.4) is 0 Å². The summed E-state index contributed by atoms with van der Waals surface area (Å²) >= 11 is 0. The van der Waals surface area contributed by atoms with E-state index in [2.05, 4.69) is 0 Å². The Morgan fingerprint density at radius 3 is 2.76 bits per heavy atom. The average molecular weight is 338 g/mol. The molecule has 3 aromatic rings. The van der Waals surface area contributed by atoms with Crippen molar-refractivity contribution < 1.29 is 23.4 Å². The summed E-state index contributed by atoms with van der Waals surface area (Å²) in [4.78, 5) is 23.8. The zero-order valence-electron chi connectivity index (χ0n) is 13.4. The van der Waals surface area contributed by atoms with Gasteiger partial charge in [-0.15, -0.1) is 0 Å². The van der Waals surface area contributed by atoms with E-state index in [0.29, 0.717) is 17.1 Å². The van der Waals surface area contributed by atoms with E-state index in [1.807, 2.05) is 13.0 Å². The molecule has 0 amide bonds. The lowest BCUT2D eigenvalue weighted by molar-refractivity contribution is -0.144. The Labute approximate surface area is 142 Å². The van der Waals surface area contributed by atoms with Crippen LogP contribution in [-0.2, 0) is 4.79 Å². The van der Waals surface area contributed by atoms with Crippen molar-refractivity contribution in [1.82, 2.24) is 0 Å². The van der Waals surface area contributed by atoms with Gasteiger partial charge < -0.3 is 18.6 Å². The minimum Gasteiger partial charge on any atom is -0.485 e. The van der Waals surface area contributed by atoms with Crippen LogP contribution in [-0.4, -0.2) is 18.7 Å². The number of benzene rings is 2. The SMILES string of the molecule is Cc1cc(=O)oc2cc(OC(=O)[C@H]3COc4ccccc4O3)ccc12. The summed E-state index contributed by atoms with van der Waals surface area (Å²) in [7, 11) is 0. The monoisotopic (exact) mass is 338 g/mol. The van der Waals surface area contributed by atoms with Gasteiger partial charge in [-0.25, -0.2) is 9.59 Å². The Kier molecular flexibility index (Phi) is 3.65. The molecule has 2 aromatic carbocycles. The van der Waals surface area contributed by atoms with Crippen LogP contribution >= 0.6 is 0 Å². The fourth-order valence-corrected chi connectivity index (χ4v) is 2.69. The molecule has 126 valence electrons. The van der Waals surface area contributed by atoms with Crippen molar-refractivity contribution in [2.75, 3.05) is 6.61 Å². The lowest BCUT2D eigenvalue weighted by Crippen LogP contribution is -2.39. The van der Waals surface area contributed by atoms with Gasteiger partial charge in [0.25, 0.3) is 0 Å². The molecule has 0 fully saturated rings. The molecule has 25 heavy (non-hydrogen) atoms. The molecule has 0 radical (unpaired) electrons. The molecule has 0 saturated carbocycles. The van der Waals surface area contributed by atoms with E-state index < -0.39 is 17.7 Å². The molecule has 0 unspecified atom stereocenters. The summed E-state index contributed by atoms with van der Waals surface area (Å²) in [6.45, 7) is 1.88. The Hall–Kier alpha value is -3.28. The number of hydrogen-bond donors (Lipinski definition) is 0. The second kappa shape index (κ2) is 5.98. The highest BCUT2D eigenvalue weighted by Crippen LogP contribution is 2.31. The Balaban J connectivity index is 1.55. The number of ether oxygens (including phenoxy) is 3. The Morgan fingerprint density at radius 1 is 1.12 bits per heavy atom. The predicted molar refractivity (Wildman–Crippen MR) is 89.2 cm³/mol. The fraction of sp³-hybridized carbons (Fsp3) is 0.158. The summed E-state index contributed by atoms with van der Waals surface area (Å²) in [5.74, 6) is 0.780. The maximum absolute atomic E-state index is 12.3. The number of hydrogen-bond acceptors (Lipinski definition) is 6. The van der Waals surface area contributed by atoms with Gasteiger partial charge in [0.2, 0.25) is 6.10 Å². The van der Waals surface area contributed by atoms with Crippen molar-refractivity contribution in [3.05, 3.63) is 64.5 Å². The smallest absolute Gasteiger partial charge is 0.356 e. The first-order valence-electron chi connectivity index (χ1n) is 7.75.